The van der Waals surface area contributed by atoms with E-state index in [2.05, 4.69) is 5.32 Å². The normalized spacial score (nSPS) is 27.5. The molecule has 0 spiro atoms. The van der Waals surface area contributed by atoms with Gasteiger partial charge in [-0.15, -0.1) is 0 Å². The van der Waals surface area contributed by atoms with E-state index in [9.17, 15) is 4.79 Å². The highest BCUT2D eigenvalue weighted by Gasteiger charge is 2.31. The Morgan fingerprint density at radius 3 is 2.73 bits per heavy atom. The third-order valence-electron chi connectivity index (χ3n) is 2.67. The van der Waals surface area contributed by atoms with E-state index in [0.717, 1.165) is 13.0 Å². The van der Waals surface area contributed by atoms with E-state index in [-0.39, 0.29) is 24.6 Å². The summed E-state index contributed by atoms with van der Waals surface area (Å²) in [5, 5.41) is 12.3. The fourth-order valence-electron chi connectivity index (χ4n) is 1.55. The average molecular weight is 215 g/mol. The molecule has 0 aromatic carbocycles. The van der Waals surface area contributed by atoms with Gasteiger partial charge in [-0.05, 0) is 33.7 Å². The van der Waals surface area contributed by atoms with Crippen LogP contribution in [0, 0.1) is 11.3 Å². The van der Waals surface area contributed by atoms with Crippen molar-refractivity contribution in [3.63, 3.8) is 0 Å². The summed E-state index contributed by atoms with van der Waals surface area (Å²) < 4.78 is 5.40. The number of ether oxygens (including phenoxy) is 1. The lowest BCUT2D eigenvalue weighted by molar-refractivity contribution is -0.163. The SMILES string of the molecule is CC(C)(C)C(=O)OC1CNCCC1CO. The van der Waals surface area contributed by atoms with Gasteiger partial charge in [0.2, 0.25) is 0 Å². The van der Waals surface area contributed by atoms with Crippen molar-refractivity contribution in [2.75, 3.05) is 19.7 Å². The predicted octanol–water partition coefficient (Wildman–Crippen LogP) is 0.546. The molecule has 2 unspecified atom stereocenters. The predicted molar refractivity (Wildman–Crippen MR) is 57.4 cm³/mol. The van der Waals surface area contributed by atoms with Crippen LogP contribution < -0.4 is 5.32 Å². The Bertz CT molecular complexity index is 222. The van der Waals surface area contributed by atoms with Gasteiger partial charge in [-0.3, -0.25) is 4.79 Å². The largest absolute Gasteiger partial charge is 0.460 e. The van der Waals surface area contributed by atoms with Crippen molar-refractivity contribution in [2.45, 2.75) is 33.3 Å². The molecule has 1 aliphatic rings. The average Bonchev–Trinajstić information content (AvgIpc) is 2.17. The third-order valence-corrected chi connectivity index (χ3v) is 2.67. The second-order valence-corrected chi connectivity index (χ2v) is 5.13. The maximum Gasteiger partial charge on any atom is 0.311 e. The molecule has 0 bridgehead atoms. The summed E-state index contributed by atoms with van der Waals surface area (Å²) in [5.74, 6) is -0.118. The van der Waals surface area contributed by atoms with Gasteiger partial charge >= 0.3 is 5.97 Å². The van der Waals surface area contributed by atoms with Crippen molar-refractivity contribution in [1.29, 1.82) is 0 Å². The lowest BCUT2D eigenvalue weighted by Gasteiger charge is -2.32. The number of esters is 1. The van der Waals surface area contributed by atoms with Gasteiger partial charge in [-0.1, -0.05) is 0 Å². The highest BCUT2D eigenvalue weighted by Crippen LogP contribution is 2.21. The van der Waals surface area contributed by atoms with E-state index in [1.807, 2.05) is 20.8 Å². The second-order valence-electron chi connectivity index (χ2n) is 5.13. The van der Waals surface area contributed by atoms with E-state index in [1.54, 1.807) is 0 Å². The van der Waals surface area contributed by atoms with Crippen molar-refractivity contribution in [2.24, 2.45) is 11.3 Å². The zero-order valence-corrected chi connectivity index (χ0v) is 9.75. The minimum absolute atomic E-state index is 0.0811. The number of aliphatic hydroxyl groups is 1. The molecule has 1 saturated heterocycles. The minimum atomic E-state index is -0.475. The molecule has 2 N–H and O–H groups in total. The highest BCUT2D eigenvalue weighted by atomic mass is 16.5. The summed E-state index contributed by atoms with van der Waals surface area (Å²) in [6.45, 7) is 7.12. The van der Waals surface area contributed by atoms with Crippen LogP contribution in [0.5, 0.6) is 0 Å². The van der Waals surface area contributed by atoms with Crippen molar-refractivity contribution in [3.8, 4) is 0 Å². The van der Waals surface area contributed by atoms with Gasteiger partial charge in [-0.2, -0.15) is 0 Å². The van der Waals surface area contributed by atoms with Crippen molar-refractivity contribution >= 4 is 5.97 Å². The molecule has 88 valence electrons. The molecule has 1 rings (SSSR count). The third kappa shape index (κ3) is 3.47. The highest BCUT2D eigenvalue weighted by molar-refractivity contribution is 5.75. The smallest absolute Gasteiger partial charge is 0.311 e. The summed E-state index contributed by atoms with van der Waals surface area (Å²) >= 11 is 0. The molecule has 2 atom stereocenters. The molecule has 0 aromatic rings. The summed E-state index contributed by atoms with van der Waals surface area (Å²) in [5.41, 5.74) is -0.475. The first kappa shape index (κ1) is 12.5. The molecule has 4 heteroatoms. The summed E-state index contributed by atoms with van der Waals surface area (Å²) in [4.78, 5) is 11.7. The summed E-state index contributed by atoms with van der Waals surface area (Å²) in [7, 11) is 0. The molecule has 4 nitrogen and oxygen atoms in total. The fourth-order valence-corrected chi connectivity index (χ4v) is 1.55. The quantitative estimate of drug-likeness (QED) is 0.660. The Morgan fingerprint density at radius 1 is 1.53 bits per heavy atom. The number of hydrogen-bond acceptors (Lipinski definition) is 4. The summed E-state index contributed by atoms with van der Waals surface area (Å²) in [6.07, 6.45) is 0.675. The Kier molecular flexibility index (Phi) is 4.11. The van der Waals surface area contributed by atoms with E-state index in [1.165, 1.54) is 0 Å². The molecule has 1 heterocycles. The van der Waals surface area contributed by atoms with Gasteiger partial charge in [0.05, 0.1) is 5.41 Å². The molecule has 0 saturated carbocycles. The minimum Gasteiger partial charge on any atom is -0.460 e. The zero-order valence-electron chi connectivity index (χ0n) is 9.75. The van der Waals surface area contributed by atoms with Gasteiger partial charge in [0.25, 0.3) is 0 Å². The van der Waals surface area contributed by atoms with E-state index >= 15 is 0 Å². The van der Waals surface area contributed by atoms with E-state index in [0.29, 0.717) is 6.54 Å². The number of piperidine rings is 1. The van der Waals surface area contributed by atoms with Crippen LogP contribution in [-0.2, 0) is 9.53 Å². The first-order chi connectivity index (χ1) is 6.95. The van der Waals surface area contributed by atoms with Crippen LogP contribution in [0.4, 0.5) is 0 Å². The number of nitrogens with one attached hydrogen (secondary N) is 1. The maximum absolute atomic E-state index is 11.7. The molecule has 0 aliphatic carbocycles. The molecular formula is C11H21NO3. The monoisotopic (exact) mass is 215 g/mol. The molecule has 0 aromatic heterocycles. The molecule has 1 aliphatic heterocycles. The lowest BCUT2D eigenvalue weighted by Crippen LogP contribution is -2.46. The standard InChI is InChI=1S/C11H21NO3/c1-11(2,3)10(14)15-9-6-12-5-4-8(9)7-13/h8-9,12-13H,4-7H2,1-3H3. The van der Waals surface area contributed by atoms with Gasteiger partial charge in [-0.25, -0.2) is 0 Å². The van der Waals surface area contributed by atoms with E-state index in [4.69, 9.17) is 9.84 Å². The van der Waals surface area contributed by atoms with Crippen molar-refractivity contribution in [3.05, 3.63) is 0 Å². The van der Waals surface area contributed by atoms with Gasteiger partial charge < -0.3 is 15.2 Å². The number of aliphatic hydroxyl groups excluding tert-OH is 1. The van der Waals surface area contributed by atoms with Crippen molar-refractivity contribution in [1.82, 2.24) is 5.32 Å². The number of rotatable bonds is 2. The molecule has 15 heavy (non-hydrogen) atoms. The zero-order chi connectivity index (χ0) is 11.5. The van der Waals surface area contributed by atoms with Crippen LogP contribution in [0.25, 0.3) is 0 Å². The van der Waals surface area contributed by atoms with Gasteiger partial charge in [0, 0.05) is 19.1 Å². The van der Waals surface area contributed by atoms with Crippen LogP contribution in [0.1, 0.15) is 27.2 Å². The molecule has 0 radical (unpaired) electrons. The first-order valence-electron chi connectivity index (χ1n) is 5.48. The number of carbonyl (C=O) groups excluding carboxylic acids is 1. The summed E-state index contributed by atoms with van der Waals surface area (Å²) in [6, 6.07) is 0. The Morgan fingerprint density at radius 2 is 2.20 bits per heavy atom. The second kappa shape index (κ2) is 4.94. The molecule has 1 fully saturated rings. The van der Waals surface area contributed by atoms with Gasteiger partial charge in [0.1, 0.15) is 6.10 Å². The van der Waals surface area contributed by atoms with E-state index < -0.39 is 5.41 Å². The van der Waals surface area contributed by atoms with Crippen molar-refractivity contribution < 1.29 is 14.6 Å². The Hall–Kier alpha value is -0.610. The van der Waals surface area contributed by atoms with Crippen LogP contribution in [0.15, 0.2) is 0 Å². The van der Waals surface area contributed by atoms with Crippen LogP contribution in [0.2, 0.25) is 0 Å². The first-order valence-corrected chi connectivity index (χ1v) is 5.48. The van der Waals surface area contributed by atoms with Crippen LogP contribution in [0.3, 0.4) is 0 Å². The number of carbonyl (C=O) groups is 1. The topological polar surface area (TPSA) is 58.6 Å². The Balaban J connectivity index is 2.52. The molecule has 0 amide bonds. The van der Waals surface area contributed by atoms with Crippen LogP contribution >= 0.6 is 0 Å². The van der Waals surface area contributed by atoms with Gasteiger partial charge in [0.15, 0.2) is 0 Å². The Labute approximate surface area is 91.0 Å². The maximum atomic E-state index is 11.7. The number of hydrogen-bond donors (Lipinski definition) is 2. The molecular weight excluding hydrogens is 194 g/mol. The lowest BCUT2D eigenvalue weighted by atomic mass is 9.94. The fraction of sp³-hybridized carbons (Fsp3) is 0.909. The van der Waals surface area contributed by atoms with Crippen LogP contribution in [-0.4, -0.2) is 36.9 Å².